The summed E-state index contributed by atoms with van der Waals surface area (Å²) < 4.78 is 6.59. The van der Waals surface area contributed by atoms with Gasteiger partial charge >= 0.3 is 5.97 Å². The van der Waals surface area contributed by atoms with Crippen LogP contribution in [0.2, 0.25) is 0 Å². The van der Waals surface area contributed by atoms with Crippen LogP contribution in [0.4, 0.5) is 5.82 Å². The van der Waals surface area contributed by atoms with E-state index in [-0.39, 0.29) is 11.5 Å². The third-order valence-corrected chi connectivity index (χ3v) is 2.47. The molecule has 2 N–H and O–H groups in total. The highest BCUT2D eigenvalue weighted by atomic mass is 16.5. The minimum absolute atomic E-state index is 0.145. The molecule has 0 bridgehead atoms. The number of nitrogen functional groups attached to an aromatic ring is 1. The number of pyridine rings is 1. The number of hydrogen-bond acceptors (Lipinski definition) is 5. The van der Waals surface area contributed by atoms with Gasteiger partial charge in [-0.05, 0) is 26.0 Å². The van der Waals surface area contributed by atoms with Gasteiger partial charge in [-0.15, -0.1) is 0 Å². The second kappa shape index (κ2) is 4.87. The van der Waals surface area contributed by atoms with Gasteiger partial charge in [-0.2, -0.15) is 0 Å². The quantitative estimate of drug-likeness (QED) is 0.826. The van der Waals surface area contributed by atoms with Gasteiger partial charge in [0.2, 0.25) is 0 Å². The van der Waals surface area contributed by atoms with E-state index in [2.05, 4.69) is 9.97 Å². The number of aryl methyl sites for hydroxylation is 1. The number of hydrogen-bond donors (Lipinski definition) is 1. The molecule has 18 heavy (non-hydrogen) atoms. The summed E-state index contributed by atoms with van der Waals surface area (Å²) in [5.41, 5.74) is 6.90. The lowest BCUT2D eigenvalue weighted by atomic mass is 10.3. The van der Waals surface area contributed by atoms with Crippen LogP contribution >= 0.6 is 0 Å². The van der Waals surface area contributed by atoms with Crippen LogP contribution in [0.25, 0.3) is 5.69 Å². The normalized spacial score (nSPS) is 10.3. The number of nitrogens with two attached hydrogens (primary N) is 1. The van der Waals surface area contributed by atoms with Crippen molar-refractivity contribution in [3.8, 4) is 5.69 Å². The van der Waals surface area contributed by atoms with Crippen molar-refractivity contribution in [2.24, 2.45) is 0 Å². The van der Waals surface area contributed by atoms with Crippen molar-refractivity contribution in [2.45, 2.75) is 13.8 Å². The molecule has 0 aliphatic carbocycles. The Morgan fingerprint density at radius 2 is 2.11 bits per heavy atom. The molecule has 2 rings (SSSR count). The van der Waals surface area contributed by atoms with Crippen molar-refractivity contribution in [3.63, 3.8) is 0 Å². The van der Waals surface area contributed by atoms with Gasteiger partial charge in [0.1, 0.15) is 11.6 Å². The Morgan fingerprint density at radius 3 is 2.72 bits per heavy atom. The predicted octanol–water partition coefficient (Wildman–Crippen LogP) is 1.33. The number of ether oxygens (including phenoxy) is 1. The van der Waals surface area contributed by atoms with Gasteiger partial charge in [0.25, 0.3) is 0 Å². The van der Waals surface area contributed by atoms with E-state index in [1.165, 1.54) is 0 Å². The van der Waals surface area contributed by atoms with E-state index in [1.54, 1.807) is 42.9 Å². The first-order valence-corrected chi connectivity index (χ1v) is 5.57. The summed E-state index contributed by atoms with van der Waals surface area (Å²) in [6.45, 7) is 3.81. The third-order valence-electron chi connectivity index (χ3n) is 2.47. The van der Waals surface area contributed by atoms with Crippen LogP contribution in [0.5, 0.6) is 0 Å². The Labute approximate surface area is 104 Å². The van der Waals surface area contributed by atoms with Gasteiger partial charge in [-0.25, -0.2) is 9.78 Å². The summed E-state index contributed by atoms with van der Waals surface area (Å²) in [5, 5.41) is 0. The monoisotopic (exact) mass is 246 g/mol. The Balaban J connectivity index is 2.48. The lowest BCUT2D eigenvalue weighted by Gasteiger charge is -2.06. The number of imidazole rings is 1. The highest BCUT2D eigenvalue weighted by molar-refractivity contribution is 5.92. The van der Waals surface area contributed by atoms with Gasteiger partial charge in [-0.1, -0.05) is 0 Å². The molecule has 0 spiro atoms. The Hall–Kier alpha value is -2.37. The molecule has 0 aliphatic rings. The van der Waals surface area contributed by atoms with Gasteiger partial charge in [0.15, 0.2) is 5.69 Å². The molecule has 0 atom stereocenters. The molecule has 0 saturated carbocycles. The fourth-order valence-electron chi connectivity index (χ4n) is 1.72. The molecule has 6 heteroatoms. The Kier molecular flexibility index (Phi) is 3.27. The van der Waals surface area contributed by atoms with Crippen LogP contribution in [0.1, 0.15) is 23.2 Å². The van der Waals surface area contributed by atoms with Crippen molar-refractivity contribution in [1.29, 1.82) is 0 Å². The zero-order chi connectivity index (χ0) is 13.1. The number of nitrogens with zero attached hydrogens (tertiary/aromatic N) is 3. The van der Waals surface area contributed by atoms with Crippen molar-refractivity contribution in [1.82, 2.24) is 14.5 Å². The number of esters is 1. The van der Waals surface area contributed by atoms with Crippen molar-refractivity contribution < 1.29 is 9.53 Å². The molecule has 94 valence electrons. The zero-order valence-corrected chi connectivity index (χ0v) is 10.3. The minimum atomic E-state index is -0.508. The van der Waals surface area contributed by atoms with E-state index in [0.717, 1.165) is 5.69 Å². The average molecular weight is 246 g/mol. The molecule has 0 unspecified atom stereocenters. The van der Waals surface area contributed by atoms with Crippen LogP contribution in [0.15, 0.2) is 24.5 Å². The second-order valence-corrected chi connectivity index (χ2v) is 3.65. The summed E-state index contributed by atoms with van der Waals surface area (Å²) >= 11 is 0. The SMILES string of the molecule is CCOC(=O)c1nc(C)n(-c2ccncc2)c1N. The van der Waals surface area contributed by atoms with Gasteiger partial charge in [-0.3, -0.25) is 9.55 Å². The van der Waals surface area contributed by atoms with Gasteiger partial charge in [0, 0.05) is 12.4 Å². The van der Waals surface area contributed by atoms with E-state index >= 15 is 0 Å². The average Bonchev–Trinajstić information content (AvgIpc) is 2.66. The smallest absolute Gasteiger partial charge is 0.360 e. The molecule has 0 radical (unpaired) electrons. The first-order chi connectivity index (χ1) is 8.65. The van der Waals surface area contributed by atoms with E-state index in [1.807, 2.05) is 0 Å². The zero-order valence-electron chi connectivity index (χ0n) is 10.3. The molecule has 0 saturated heterocycles. The van der Waals surface area contributed by atoms with E-state index in [4.69, 9.17) is 10.5 Å². The van der Waals surface area contributed by atoms with Crippen molar-refractivity contribution >= 4 is 11.8 Å². The fraction of sp³-hybridized carbons (Fsp3) is 0.250. The Morgan fingerprint density at radius 1 is 1.44 bits per heavy atom. The standard InChI is InChI=1S/C12H14N4O2/c1-3-18-12(17)10-11(13)16(8(2)15-10)9-4-6-14-7-5-9/h4-7H,3,13H2,1-2H3. The van der Waals surface area contributed by atoms with Crippen LogP contribution in [-0.2, 0) is 4.74 Å². The van der Waals surface area contributed by atoms with Crippen molar-refractivity contribution in [2.75, 3.05) is 12.3 Å². The molecule has 0 aliphatic heterocycles. The number of aromatic nitrogens is 3. The summed E-state index contributed by atoms with van der Waals surface area (Å²) in [5.74, 6) is 0.393. The minimum Gasteiger partial charge on any atom is -0.461 e. The van der Waals surface area contributed by atoms with Gasteiger partial charge < -0.3 is 10.5 Å². The Bertz CT molecular complexity index is 563. The highest BCUT2D eigenvalue weighted by Crippen LogP contribution is 2.20. The molecule has 0 aromatic carbocycles. The molecule has 0 amide bonds. The molecular formula is C12H14N4O2. The van der Waals surface area contributed by atoms with Crippen molar-refractivity contribution in [3.05, 3.63) is 36.0 Å². The molecule has 2 aromatic rings. The molecule has 6 nitrogen and oxygen atoms in total. The fourth-order valence-corrected chi connectivity index (χ4v) is 1.72. The predicted molar refractivity (Wildman–Crippen MR) is 66.5 cm³/mol. The summed E-state index contributed by atoms with van der Waals surface area (Å²) in [6.07, 6.45) is 3.30. The number of carbonyl (C=O) groups excluding carboxylic acids is 1. The van der Waals surface area contributed by atoms with E-state index in [9.17, 15) is 4.79 Å². The number of carbonyl (C=O) groups is 1. The maximum Gasteiger partial charge on any atom is 0.360 e. The maximum absolute atomic E-state index is 11.7. The van der Waals surface area contributed by atoms with Gasteiger partial charge in [0.05, 0.1) is 12.3 Å². The molecule has 2 aromatic heterocycles. The summed E-state index contributed by atoms with van der Waals surface area (Å²) in [7, 11) is 0. The van der Waals surface area contributed by atoms with Crippen LogP contribution in [0, 0.1) is 6.92 Å². The molecule has 0 fully saturated rings. The maximum atomic E-state index is 11.7. The van der Waals surface area contributed by atoms with Crippen LogP contribution in [0.3, 0.4) is 0 Å². The second-order valence-electron chi connectivity index (χ2n) is 3.65. The number of rotatable bonds is 3. The first-order valence-electron chi connectivity index (χ1n) is 5.57. The molecule has 2 heterocycles. The lowest BCUT2D eigenvalue weighted by Crippen LogP contribution is -2.09. The molecular weight excluding hydrogens is 232 g/mol. The summed E-state index contributed by atoms with van der Waals surface area (Å²) in [4.78, 5) is 19.8. The summed E-state index contributed by atoms with van der Waals surface area (Å²) in [6, 6.07) is 3.58. The van der Waals surface area contributed by atoms with E-state index in [0.29, 0.717) is 12.4 Å². The first kappa shape index (κ1) is 12.1. The number of anilines is 1. The van der Waals surface area contributed by atoms with Crippen LogP contribution in [-0.4, -0.2) is 27.1 Å². The third kappa shape index (κ3) is 2.04. The largest absolute Gasteiger partial charge is 0.461 e. The topological polar surface area (TPSA) is 83.0 Å². The van der Waals surface area contributed by atoms with E-state index < -0.39 is 5.97 Å². The lowest BCUT2D eigenvalue weighted by molar-refractivity contribution is 0.0521. The highest BCUT2D eigenvalue weighted by Gasteiger charge is 2.20. The van der Waals surface area contributed by atoms with Crippen LogP contribution < -0.4 is 5.73 Å².